The largest absolute Gasteiger partial charge is 0.438 e. The number of halogens is 3. The summed E-state index contributed by atoms with van der Waals surface area (Å²) >= 11 is 0. The number of aliphatic hydroxyl groups is 1. The van der Waals surface area contributed by atoms with Crippen molar-refractivity contribution < 1.29 is 32.6 Å². The number of nitrogens with zero attached hydrogens (tertiary/aromatic N) is 1. The minimum atomic E-state index is -1.08. The lowest BCUT2D eigenvalue weighted by atomic mass is 9.85. The van der Waals surface area contributed by atoms with Crippen LogP contribution in [0.1, 0.15) is 36.9 Å². The highest BCUT2D eigenvalue weighted by Crippen LogP contribution is 2.39. The number of amides is 2. The van der Waals surface area contributed by atoms with Crippen LogP contribution in [0.5, 0.6) is 0 Å². The highest BCUT2D eigenvalue weighted by molar-refractivity contribution is 5.76. The molecule has 0 spiro atoms. The third-order valence-corrected chi connectivity index (χ3v) is 6.74. The standard InChI is InChI=1S/C28H27F3N2O4/c1-18(19-2-4-20(5-3-19)24-11-10-23(30)16-25(24)31)33-15-13-28(37-27(33)36,12-14-32-26(35)17-34)21-6-8-22(29)9-7-21/h2-11,16,18,34H,12-15,17H2,1H3,(H,32,35)/t18-,28?/m0/s1. The van der Waals surface area contributed by atoms with Crippen molar-refractivity contribution in [3.8, 4) is 11.1 Å². The highest BCUT2D eigenvalue weighted by atomic mass is 19.1. The van der Waals surface area contributed by atoms with E-state index in [0.29, 0.717) is 24.1 Å². The molecule has 1 unspecified atom stereocenters. The summed E-state index contributed by atoms with van der Waals surface area (Å²) < 4.78 is 46.9. The molecular weight excluding hydrogens is 485 g/mol. The molecule has 6 nitrogen and oxygen atoms in total. The number of cyclic esters (lactones) is 1. The van der Waals surface area contributed by atoms with E-state index in [1.54, 1.807) is 41.3 Å². The Morgan fingerprint density at radius 1 is 1.05 bits per heavy atom. The summed E-state index contributed by atoms with van der Waals surface area (Å²) in [7, 11) is 0. The Labute approximate surface area is 212 Å². The fraction of sp³-hybridized carbons (Fsp3) is 0.286. The molecule has 3 aromatic carbocycles. The first-order chi connectivity index (χ1) is 17.7. The Morgan fingerprint density at radius 3 is 2.35 bits per heavy atom. The molecule has 0 bridgehead atoms. The van der Waals surface area contributed by atoms with Crippen LogP contribution in [0.3, 0.4) is 0 Å². The van der Waals surface area contributed by atoms with Crippen LogP contribution in [0, 0.1) is 17.5 Å². The number of benzene rings is 3. The number of ether oxygens (including phenoxy) is 1. The van der Waals surface area contributed by atoms with Gasteiger partial charge in [0.05, 0.1) is 6.04 Å². The normalized spacial score (nSPS) is 18.3. The first-order valence-corrected chi connectivity index (χ1v) is 11.9. The van der Waals surface area contributed by atoms with E-state index in [4.69, 9.17) is 9.84 Å². The fourth-order valence-corrected chi connectivity index (χ4v) is 4.60. The van der Waals surface area contributed by atoms with Gasteiger partial charge in [-0.3, -0.25) is 4.79 Å². The number of carbonyl (C=O) groups is 2. The zero-order valence-corrected chi connectivity index (χ0v) is 20.2. The second-order valence-corrected chi connectivity index (χ2v) is 8.99. The van der Waals surface area contributed by atoms with Gasteiger partial charge in [0, 0.05) is 37.6 Å². The molecule has 1 aliphatic rings. The molecule has 2 atom stereocenters. The molecule has 2 amide bonds. The monoisotopic (exact) mass is 512 g/mol. The maximum Gasteiger partial charge on any atom is 0.411 e. The van der Waals surface area contributed by atoms with Gasteiger partial charge in [-0.1, -0.05) is 36.4 Å². The summed E-state index contributed by atoms with van der Waals surface area (Å²) in [5.41, 5.74) is 1.18. The van der Waals surface area contributed by atoms with Crippen LogP contribution in [-0.2, 0) is 15.1 Å². The van der Waals surface area contributed by atoms with Crippen LogP contribution >= 0.6 is 0 Å². The number of hydrogen-bond donors (Lipinski definition) is 2. The van der Waals surface area contributed by atoms with E-state index in [1.165, 1.54) is 24.3 Å². The first-order valence-electron chi connectivity index (χ1n) is 11.9. The Kier molecular flexibility index (Phi) is 7.83. The van der Waals surface area contributed by atoms with Crippen molar-refractivity contribution in [3.05, 3.63) is 95.3 Å². The van der Waals surface area contributed by atoms with Crippen LogP contribution in [-0.4, -0.2) is 41.7 Å². The van der Waals surface area contributed by atoms with Crippen molar-refractivity contribution in [2.75, 3.05) is 19.7 Å². The highest BCUT2D eigenvalue weighted by Gasteiger charge is 2.43. The molecule has 37 heavy (non-hydrogen) atoms. The van der Waals surface area contributed by atoms with E-state index in [9.17, 15) is 22.8 Å². The summed E-state index contributed by atoms with van der Waals surface area (Å²) in [5.74, 6) is -2.28. The van der Waals surface area contributed by atoms with Gasteiger partial charge in [0.15, 0.2) is 0 Å². The van der Waals surface area contributed by atoms with Crippen LogP contribution in [0.25, 0.3) is 11.1 Å². The smallest absolute Gasteiger partial charge is 0.411 e. The molecule has 1 aliphatic heterocycles. The Morgan fingerprint density at radius 2 is 1.73 bits per heavy atom. The van der Waals surface area contributed by atoms with Crippen molar-refractivity contribution in [2.45, 2.75) is 31.4 Å². The zero-order chi connectivity index (χ0) is 26.6. The van der Waals surface area contributed by atoms with E-state index in [1.807, 2.05) is 6.92 Å². The van der Waals surface area contributed by atoms with E-state index < -0.39 is 41.7 Å². The molecule has 9 heteroatoms. The first kappa shape index (κ1) is 26.2. The molecule has 1 heterocycles. The van der Waals surface area contributed by atoms with Crippen LogP contribution in [0.4, 0.5) is 18.0 Å². The van der Waals surface area contributed by atoms with Crippen molar-refractivity contribution in [3.63, 3.8) is 0 Å². The maximum absolute atomic E-state index is 14.2. The molecule has 1 saturated heterocycles. The predicted octanol–water partition coefficient (Wildman–Crippen LogP) is 5.07. The van der Waals surface area contributed by atoms with Gasteiger partial charge in [0.1, 0.15) is 29.7 Å². The van der Waals surface area contributed by atoms with E-state index in [-0.39, 0.29) is 24.6 Å². The van der Waals surface area contributed by atoms with Crippen molar-refractivity contribution in [1.82, 2.24) is 10.2 Å². The SMILES string of the molecule is C[C@@H](c1ccc(-c2ccc(F)cc2F)cc1)N1CCC(CCNC(=O)CO)(c2ccc(F)cc2)OC1=O. The van der Waals surface area contributed by atoms with E-state index in [2.05, 4.69) is 5.32 Å². The lowest BCUT2D eigenvalue weighted by molar-refractivity contribution is -0.124. The molecule has 2 N–H and O–H groups in total. The van der Waals surface area contributed by atoms with Gasteiger partial charge in [-0.05, 0) is 47.9 Å². The molecule has 0 aliphatic carbocycles. The molecule has 0 aromatic heterocycles. The van der Waals surface area contributed by atoms with Crippen molar-refractivity contribution in [1.29, 1.82) is 0 Å². The third kappa shape index (κ3) is 5.77. The minimum absolute atomic E-state index is 0.154. The van der Waals surface area contributed by atoms with Gasteiger partial charge in [-0.15, -0.1) is 0 Å². The average Bonchev–Trinajstić information content (AvgIpc) is 2.89. The number of carbonyl (C=O) groups excluding carboxylic acids is 2. The number of hydrogen-bond acceptors (Lipinski definition) is 4. The minimum Gasteiger partial charge on any atom is -0.438 e. The van der Waals surface area contributed by atoms with Crippen LogP contribution < -0.4 is 5.32 Å². The summed E-state index contributed by atoms with van der Waals surface area (Å²) in [6.45, 7) is 1.68. The van der Waals surface area contributed by atoms with Gasteiger partial charge < -0.3 is 20.1 Å². The number of rotatable bonds is 8. The summed E-state index contributed by atoms with van der Waals surface area (Å²) in [5, 5.41) is 11.5. The third-order valence-electron chi connectivity index (χ3n) is 6.74. The van der Waals surface area contributed by atoms with Gasteiger partial charge >= 0.3 is 6.09 Å². The summed E-state index contributed by atoms with van der Waals surface area (Å²) in [4.78, 5) is 26.3. The Hall–Kier alpha value is -3.85. The van der Waals surface area contributed by atoms with Gasteiger partial charge in [0.2, 0.25) is 5.91 Å². The number of aliphatic hydroxyl groups excluding tert-OH is 1. The van der Waals surface area contributed by atoms with Gasteiger partial charge in [-0.2, -0.15) is 0 Å². The zero-order valence-electron chi connectivity index (χ0n) is 20.2. The van der Waals surface area contributed by atoms with Crippen LogP contribution in [0.15, 0.2) is 66.7 Å². The van der Waals surface area contributed by atoms with E-state index >= 15 is 0 Å². The molecule has 4 rings (SSSR count). The van der Waals surface area contributed by atoms with Crippen molar-refractivity contribution in [2.24, 2.45) is 0 Å². The average molecular weight is 513 g/mol. The summed E-state index contributed by atoms with van der Waals surface area (Å²) in [6.07, 6.45) is 0.0731. The second kappa shape index (κ2) is 11.0. The lowest BCUT2D eigenvalue weighted by Crippen LogP contribution is -2.50. The van der Waals surface area contributed by atoms with Crippen LogP contribution in [0.2, 0.25) is 0 Å². The Balaban J connectivity index is 1.51. The molecule has 3 aromatic rings. The summed E-state index contributed by atoms with van der Waals surface area (Å²) in [6, 6.07) is 15.7. The van der Waals surface area contributed by atoms with Gasteiger partial charge in [0.25, 0.3) is 0 Å². The molecule has 0 radical (unpaired) electrons. The fourth-order valence-electron chi connectivity index (χ4n) is 4.60. The second-order valence-electron chi connectivity index (χ2n) is 8.99. The molecule has 0 saturated carbocycles. The molecule has 1 fully saturated rings. The molecule has 194 valence electrons. The topological polar surface area (TPSA) is 78.9 Å². The molecular formula is C28H27F3N2O4. The predicted molar refractivity (Wildman–Crippen MR) is 131 cm³/mol. The Bertz CT molecular complexity index is 1270. The quantitative estimate of drug-likeness (QED) is 0.442. The lowest BCUT2D eigenvalue weighted by Gasteiger charge is -2.43. The number of nitrogens with one attached hydrogen (secondary N) is 1. The van der Waals surface area contributed by atoms with E-state index in [0.717, 1.165) is 11.6 Å². The maximum atomic E-state index is 14.2. The van der Waals surface area contributed by atoms with Crippen molar-refractivity contribution >= 4 is 12.0 Å². The van der Waals surface area contributed by atoms with Gasteiger partial charge in [-0.25, -0.2) is 18.0 Å².